The fourth-order valence-electron chi connectivity index (χ4n) is 2.68. The summed E-state index contributed by atoms with van der Waals surface area (Å²) >= 11 is 6.79. The number of likely N-dealkylation sites (N-methyl/N-ethyl adjacent to an activating group) is 1. The highest BCUT2D eigenvalue weighted by Crippen LogP contribution is 2.34. The van der Waals surface area contributed by atoms with Crippen molar-refractivity contribution in [1.29, 1.82) is 0 Å². The molecule has 1 aromatic rings. The van der Waals surface area contributed by atoms with Crippen molar-refractivity contribution in [2.45, 2.75) is 25.4 Å². The van der Waals surface area contributed by atoms with Gasteiger partial charge in [-0.2, -0.15) is 0 Å². The molecule has 106 valence electrons. The van der Waals surface area contributed by atoms with E-state index in [1.54, 1.807) is 0 Å². The molecule has 0 aliphatic carbocycles. The van der Waals surface area contributed by atoms with Crippen LogP contribution in [0.4, 0.5) is 0 Å². The number of likely N-dealkylation sites (tertiary alicyclic amines) is 1. The number of phenolic OH excluding ortho intramolecular Hbond substituents is 1. The Balaban J connectivity index is 2.08. The molecule has 0 radical (unpaired) electrons. The number of phenols is 1. The average Bonchev–Trinajstić information content (AvgIpc) is 2.72. The Kier molecular flexibility index (Phi) is 5.29. The molecule has 1 aliphatic heterocycles. The van der Waals surface area contributed by atoms with E-state index in [4.69, 9.17) is 0 Å². The zero-order valence-corrected chi connectivity index (χ0v) is 14.5. The van der Waals surface area contributed by atoms with Gasteiger partial charge in [0.25, 0.3) is 0 Å². The fraction of sp³-hybridized carbons (Fsp3) is 0.571. The lowest BCUT2D eigenvalue weighted by Crippen LogP contribution is -2.37. The Morgan fingerprint density at radius 3 is 2.53 bits per heavy atom. The van der Waals surface area contributed by atoms with Crippen molar-refractivity contribution in [2.75, 3.05) is 27.2 Å². The fourth-order valence-corrected chi connectivity index (χ4v) is 3.96. The maximum Gasteiger partial charge on any atom is 0.143 e. The molecule has 1 fully saturated rings. The molecule has 0 aromatic heterocycles. The monoisotopic (exact) mass is 390 g/mol. The third-order valence-electron chi connectivity index (χ3n) is 3.54. The summed E-state index contributed by atoms with van der Waals surface area (Å²) in [6.45, 7) is 3.21. The van der Waals surface area contributed by atoms with E-state index in [9.17, 15) is 5.11 Å². The zero-order chi connectivity index (χ0) is 14.0. The number of aromatic hydroxyl groups is 1. The Labute approximate surface area is 131 Å². The van der Waals surface area contributed by atoms with E-state index in [1.165, 1.54) is 18.4 Å². The van der Waals surface area contributed by atoms with Crippen LogP contribution in [0.15, 0.2) is 21.1 Å². The van der Waals surface area contributed by atoms with Crippen LogP contribution in [0.25, 0.3) is 0 Å². The SMILES string of the molecule is CN(C)CC1CCCN1Cc1cc(Br)c(O)c(Br)c1. The van der Waals surface area contributed by atoms with Gasteiger partial charge in [0, 0.05) is 19.1 Å². The van der Waals surface area contributed by atoms with Crippen molar-refractivity contribution in [3.63, 3.8) is 0 Å². The molecule has 0 spiro atoms. The summed E-state index contributed by atoms with van der Waals surface area (Å²) in [6.07, 6.45) is 2.55. The number of nitrogens with zero attached hydrogens (tertiary/aromatic N) is 2. The molecule has 1 saturated heterocycles. The van der Waals surface area contributed by atoms with Crippen LogP contribution in [0.2, 0.25) is 0 Å². The van der Waals surface area contributed by atoms with Gasteiger partial charge < -0.3 is 10.0 Å². The second kappa shape index (κ2) is 6.57. The van der Waals surface area contributed by atoms with Crippen LogP contribution in [-0.2, 0) is 6.54 Å². The number of hydrogen-bond donors (Lipinski definition) is 1. The predicted octanol–water partition coefficient (Wildman–Crippen LogP) is 3.44. The minimum Gasteiger partial charge on any atom is -0.506 e. The van der Waals surface area contributed by atoms with E-state index in [0.29, 0.717) is 6.04 Å². The number of rotatable bonds is 4. The second-order valence-corrected chi connectivity index (χ2v) is 7.15. The molecule has 0 saturated carbocycles. The Morgan fingerprint density at radius 1 is 1.32 bits per heavy atom. The van der Waals surface area contributed by atoms with Gasteiger partial charge in [-0.05, 0) is 83.0 Å². The van der Waals surface area contributed by atoms with Crippen molar-refractivity contribution < 1.29 is 5.11 Å². The van der Waals surface area contributed by atoms with Gasteiger partial charge in [-0.15, -0.1) is 0 Å². The van der Waals surface area contributed by atoms with Gasteiger partial charge in [-0.1, -0.05) is 0 Å². The minimum atomic E-state index is 0.273. The van der Waals surface area contributed by atoms with Gasteiger partial charge >= 0.3 is 0 Å². The largest absolute Gasteiger partial charge is 0.506 e. The lowest BCUT2D eigenvalue weighted by atomic mass is 10.1. The number of halogens is 2. The van der Waals surface area contributed by atoms with E-state index in [1.807, 2.05) is 12.1 Å². The zero-order valence-electron chi connectivity index (χ0n) is 11.4. The highest BCUT2D eigenvalue weighted by atomic mass is 79.9. The number of hydrogen-bond acceptors (Lipinski definition) is 3. The summed E-state index contributed by atoms with van der Waals surface area (Å²) in [7, 11) is 4.26. The maximum atomic E-state index is 9.75. The number of benzene rings is 1. The molecular formula is C14H20Br2N2O. The van der Waals surface area contributed by atoms with E-state index in [0.717, 1.165) is 28.6 Å². The summed E-state index contributed by atoms with van der Waals surface area (Å²) < 4.78 is 1.50. The predicted molar refractivity (Wildman–Crippen MR) is 85.5 cm³/mol. The summed E-state index contributed by atoms with van der Waals surface area (Å²) in [5.41, 5.74) is 1.22. The lowest BCUT2D eigenvalue weighted by molar-refractivity contribution is 0.201. The maximum absolute atomic E-state index is 9.75. The topological polar surface area (TPSA) is 26.7 Å². The first-order valence-electron chi connectivity index (χ1n) is 6.53. The highest BCUT2D eigenvalue weighted by Gasteiger charge is 2.25. The van der Waals surface area contributed by atoms with E-state index < -0.39 is 0 Å². The van der Waals surface area contributed by atoms with E-state index >= 15 is 0 Å². The Morgan fingerprint density at radius 2 is 1.95 bits per heavy atom. The van der Waals surface area contributed by atoms with Gasteiger partial charge in [0.15, 0.2) is 0 Å². The van der Waals surface area contributed by atoms with Crippen LogP contribution in [0.1, 0.15) is 18.4 Å². The third kappa shape index (κ3) is 3.94. The van der Waals surface area contributed by atoms with Crippen LogP contribution in [0.5, 0.6) is 5.75 Å². The molecule has 3 nitrogen and oxygen atoms in total. The molecule has 0 amide bonds. The Hall–Kier alpha value is -0.100. The summed E-state index contributed by atoms with van der Waals surface area (Å²) in [5.74, 6) is 0.273. The van der Waals surface area contributed by atoms with Gasteiger partial charge in [0.05, 0.1) is 8.95 Å². The van der Waals surface area contributed by atoms with Gasteiger partial charge in [-0.3, -0.25) is 4.90 Å². The first-order chi connectivity index (χ1) is 8.97. The van der Waals surface area contributed by atoms with Crippen molar-refractivity contribution in [2.24, 2.45) is 0 Å². The van der Waals surface area contributed by atoms with Crippen molar-refractivity contribution in [1.82, 2.24) is 9.80 Å². The van der Waals surface area contributed by atoms with Crippen LogP contribution in [-0.4, -0.2) is 48.1 Å². The van der Waals surface area contributed by atoms with Gasteiger partial charge in [-0.25, -0.2) is 0 Å². The Bertz CT molecular complexity index is 428. The molecule has 1 aliphatic rings. The van der Waals surface area contributed by atoms with Crippen LogP contribution >= 0.6 is 31.9 Å². The van der Waals surface area contributed by atoms with Crippen molar-refractivity contribution >= 4 is 31.9 Å². The lowest BCUT2D eigenvalue weighted by Gasteiger charge is -2.27. The first kappa shape index (κ1) is 15.3. The third-order valence-corrected chi connectivity index (χ3v) is 4.75. The molecule has 2 rings (SSSR count). The average molecular weight is 392 g/mol. The van der Waals surface area contributed by atoms with Gasteiger partial charge in [0.2, 0.25) is 0 Å². The van der Waals surface area contributed by atoms with Crippen molar-refractivity contribution in [3.05, 3.63) is 26.6 Å². The molecular weight excluding hydrogens is 372 g/mol. The highest BCUT2D eigenvalue weighted by molar-refractivity contribution is 9.11. The summed E-state index contributed by atoms with van der Waals surface area (Å²) in [6, 6.07) is 4.65. The standard InChI is InChI=1S/C14H20Br2N2O/c1-17(2)9-11-4-3-5-18(11)8-10-6-12(15)14(19)13(16)7-10/h6-7,11,19H,3-5,8-9H2,1-2H3. The second-order valence-electron chi connectivity index (χ2n) is 5.44. The van der Waals surface area contributed by atoms with Gasteiger partial charge in [0.1, 0.15) is 5.75 Å². The van der Waals surface area contributed by atoms with E-state index in [2.05, 4.69) is 55.8 Å². The first-order valence-corrected chi connectivity index (χ1v) is 8.11. The van der Waals surface area contributed by atoms with Crippen molar-refractivity contribution in [3.8, 4) is 5.75 Å². The van der Waals surface area contributed by atoms with Crippen LogP contribution in [0.3, 0.4) is 0 Å². The van der Waals surface area contributed by atoms with Crippen LogP contribution < -0.4 is 0 Å². The molecule has 1 aromatic carbocycles. The quantitative estimate of drug-likeness (QED) is 0.851. The summed E-state index contributed by atoms with van der Waals surface area (Å²) in [5, 5.41) is 9.75. The van der Waals surface area contributed by atoms with E-state index in [-0.39, 0.29) is 5.75 Å². The molecule has 19 heavy (non-hydrogen) atoms. The minimum absolute atomic E-state index is 0.273. The molecule has 5 heteroatoms. The smallest absolute Gasteiger partial charge is 0.143 e. The molecule has 0 bridgehead atoms. The molecule has 1 unspecified atom stereocenters. The molecule has 1 N–H and O–H groups in total. The van der Waals surface area contributed by atoms with Crippen LogP contribution in [0, 0.1) is 0 Å². The molecule has 1 atom stereocenters. The normalized spacial score (nSPS) is 20.4. The summed E-state index contributed by atoms with van der Waals surface area (Å²) in [4.78, 5) is 4.79. The molecule has 1 heterocycles.